The van der Waals surface area contributed by atoms with Gasteiger partial charge < -0.3 is 20.2 Å². The third-order valence-corrected chi connectivity index (χ3v) is 8.55. The summed E-state index contributed by atoms with van der Waals surface area (Å²) in [5.41, 5.74) is 7.05. The predicted octanol–water partition coefficient (Wildman–Crippen LogP) is 6.74. The minimum atomic E-state index is -2.37. The number of halogens is 2. The van der Waals surface area contributed by atoms with E-state index in [4.69, 9.17) is 5.11 Å². The molecule has 0 aliphatic carbocycles. The Kier molecular flexibility index (Phi) is 9.89. The van der Waals surface area contributed by atoms with E-state index in [1.807, 2.05) is 28.8 Å². The zero-order valence-electron chi connectivity index (χ0n) is 25.3. The zero-order valence-corrected chi connectivity index (χ0v) is 25.3. The number of nitrogens with one attached hydrogen (secondary N) is 1. The van der Waals surface area contributed by atoms with E-state index in [0.717, 1.165) is 72.7 Å². The Labute approximate surface area is 257 Å². The molecule has 44 heavy (non-hydrogen) atoms. The Morgan fingerprint density at radius 2 is 1.91 bits per heavy atom. The molecule has 0 bridgehead atoms. The van der Waals surface area contributed by atoms with Crippen LogP contribution in [0.4, 0.5) is 20.3 Å². The molecule has 0 radical (unpaired) electrons. The smallest absolute Gasteiger partial charge is 0.304 e. The summed E-state index contributed by atoms with van der Waals surface area (Å²) >= 11 is 0. The van der Waals surface area contributed by atoms with Gasteiger partial charge in [0.2, 0.25) is 6.43 Å². The van der Waals surface area contributed by atoms with Crippen LogP contribution in [0.25, 0.3) is 22.6 Å². The van der Waals surface area contributed by atoms with Gasteiger partial charge in [-0.1, -0.05) is 36.9 Å². The number of carboxylic acid groups (broad SMARTS) is 1. The van der Waals surface area contributed by atoms with Crippen molar-refractivity contribution in [2.24, 2.45) is 5.92 Å². The summed E-state index contributed by atoms with van der Waals surface area (Å²) in [7, 11) is 2.09. The van der Waals surface area contributed by atoms with Crippen LogP contribution in [0.2, 0.25) is 0 Å². The summed E-state index contributed by atoms with van der Waals surface area (Å²) in [5.74, 6) is 0.524. The number of imidazole rings is 1. The summed E-state index contributed by atoms with van der Waals surface area (Å²) in [6.07, 6.45) is 6.19. The van der Waals surface area contributed by atoms with E-state index in [2.05, 4.69) is 57.8 Å². The zero-order chi connectivity index (χ0) is 31.2. The van der Waals surface area contributed by atoms with Crippen molar-refractivity contribution < 1.29 is 18.7 Å². The number of aliphatic carboxylic acids is 1. The number of carbonyl (C=O) groups is 1. The van der Waals surface area contributed by atoms with Gasteiger partial charge in [-0.25, -0.2) is 18.7 Å². The number of likely N-dealkylation sites (tertiary alicyclic amines) is 1. The largest absolute Gasteiger partial charge is 0.481 e. The van der Waals surface area contributed by atoms with E-state index in [9.17, 15) is 13.6 Å². The fraction of sp³-hybridized carbons (Fsp3) is 0.382. The van der Waals surface area contributed by atoms with E-state index in [1.54, 1.807) is 24.5 Å². The number of benzene rings is 2. The van der Waals surface area contributed by atoms with Crippen LogP contribution in [0.1, 0.15) is 42.4 Å². The maximum Gasteiger partial charge on any atom is 0.304 e. The second kappa shape index (κ2) is 14.0. The van der Waals surface area contributed by atoms with Crippen molar-refractivity contribution in [1.29, 1.82) is 0 Å². The summed E-state index contributed by atoms with van der Waals surface area (Å²) in [6.45, 7) is 9.95. The number of alkyl halides is 2. The lowest BCUT2D eigenvalue weighted by molar-refractivity contribution is -0.137. The molecule has 1 aliphatic rings. The van der Waals surface area contributed by atoms with Gasteiger partial charge in [0.1, 0.15) is 0 Å². The molecule has 5 rings (SSSR count). The van der Waals surface area contributed by atoms with Crippen molar-refractivity contribution in [3.63, 3.8) is 0 Å². The molecule has 0 saturated carbocycles. The van der Waals surface area contributed by atoms with Crippen LogP contribution in [-0.4, -0.2) is 74.9 Å². The molecule has 3 heterocycles. The van der Waals surface area contributed by atoms with Crippen LogP contribution in [0, 0.1) is 12.8 Å². The lowest BCUT2D eigenvalue weighted by Crippen LogP contribution is -2.36. The SMILES string of the molecule is C=C(c1ccc(Nc2nccn3c(-c4ccc(CC(F)F)cc4)cnc23)cc1C)N(C)CCC1CCN(CCC(=O)O)CC1. The van der Waals surface area contributed by atoms with Crippen molar-refractivity contribution in [3.8, 4) is 11.3 Å². The third kappa shape index (κ3) is 7.60. The van der Waals surface area contributed by atoms with Crippen molar-refractivity contribution in [3.05, 3.63) is 84.3 Å². The quantitative estimate of drug-likeness (QED) is 0.175. The molecule has 8 nitrogen and oxygen atoms in total. The van der Waals surface area contributed by atoms with E-state index in [-0.39, 0.29) is 12.8 Å². The van der Waals surface area contributed by atoms with Gasteiger partial charge in [0.25, 0.3) is 0 Å². The number of nitrogens with zero attached hydrogens (tertiary/aromatic N) is 5. The number of aromatic nitrogens is 3. The normalized spacial score (nSPS) is 14.3. The highest BCUT2D eigenvalue weighted by Crippen LogP contribution is 2.29. The first-order valence-corrected chi connectivity index (χ1v) is 15.1. The minimum absolute atomic E-state index is 0.209. The number of fused-ring (bicyclic) bond motifs is 1. The molecule has 4 aromatic rings. The second-order valence-electron chi connectivity index (χ2n) is 11.6. The highest BCUT2D eigenvalue weighted by molar-refractivity contribution is 5.76. The molecule has 0 spiro atoms. The van der Waals surface area contributed by atoms with Gasteiger partial charge in [-0.2, -0.15) is 0 Å². The van der Waals surface area contributed by atoms with E-state index < -0.39 is 12.4 Å². The minimum Gasteiger partial charge on any atom is -0.481 e. The first-order chi connectivity index (χ1) is 21.2. The number of aryl methyl sites for hydroxylation is 1. The van der Waals surface area contributed by atoms with Gasteiger partial charge in [-0.3, -0.25) is 9.20 Å². The lowest BCUT2D eigenvalue weighted by atomic mass is 9.93. The van der Waals surface area contributed by atoms with Gasteiger partial charge in [-0.15, -0.1) is 0 Å². The molecule has 2 aromatic heterocycles. The molecular weight excluding hydrogens is 562 g/mol. The van der Waals surface area contributed by atoms with Crippen molar-refractivity contribution >= 4 is 28.8 Å². The third-order valence-electron chi connectivity index (χ3n) is 8.55. The van der Waals surface area contributed by atoms with Crippen LogP contribution < -0.4 is 5.32 Å². The predicted molar refractivity (Wildman–Crippen MR) is 170 cm³/mol. The van der Waals surface area contributed by atoms with Gasteiger partial charge in [0, 0.05) is 61.5 Å². The Bertz CT molecular complexity index is 1600. The molecule has 0 unspecified atom stereocenters. The standard InChI is InChI=1S/C34H40F2N6O2/c1-23-20-28(8-9-29(23)24(2)40(3)15-10-25-11-16-41(17-12-25)18-13-32(43)44)39-33-34-38-22-30(42(34)19-14-37-33)27-6-4-26(5-7-27)21-31(35)36/h4-9,14,19-20,22,25,31H,2,10-13,15-18,21H2,1,3H3,(H,37,39)(H,43,44). The second-order valence-corrected chi connectivity index (χ2v) is 11.6. The molecule has 10 heteroatoms. The van der Waals surface area contributed by atoms with E-state index >= 15 is 0 Å². The first-order valence-electron chi connectivity index (χ1n) is 15.1. The van der Waals surface area contributed by atoms with E-state index in [1.165, 1.54) is 0 Å². The van der Waals surface area contributed by atoms with Crippen LogP contribution in [0.15, 0.2) is 67.6 Å². The average Bonchev–Trinajstić information content (AvgIpc) is 3.44. The molecule has 0 atom stereocenters. The van der Waals surface area contributed by atoms with Crippen molar-refractivity contribution in [2.75, 3.05) is 38.5 Å². The fourth-order valence-electron chi connectivity index (χ4n) is 5.88. The number of hydrogen-bond acceptors (Lipinski definition) is 6. The molecule has 1 fully saturated rings. The fourth-order valence-corrected chi connectivity index (χ4v) is 5.88. The number of anilines is 2. The topological polar surface area (TPSA) is 86.0 Å². The number of piperidine rings is 1. The van der Waals surface area contributed by atoms with Gasteiger partial charge in [0.15, 0.2) is 11.5 Å². The molecular formula is C34H40F2N6O2. The van der Waals surface area contributed by atoms with Crippen molar-refractivity contribution in [2.45, 2.75) is 45.5 Å². The maximum atomic E-state index is 12.7. The highest BCUT2D eigenvalue weighted by Gasteiger charge is 2.20. The van der Waals surface area contributed by atoms with Crippen LogP contribution in [-0.2, 0) is 11.2 Å². The number of hydrogen-bond donors (Lipinski definition) is 2. The summed E-state index contributed by atoms with van der Waals surface area (Å²) in [5, 5.41) is 12.3. The Morgan fingerprint density at radius 1 is 1.16 bits per heavy atom. The average molecular weight is 603 g/mol. The van der Waals surface area contributed by atoms with E-state index in [0.29, 0.717) is 29.5 Å². The van der Waals surface area contributed by atoms with Gasteiger partial charge in [-0.05, 0) is 68.5 Å². The summed E-state index contributed by atoms with van der Waals surface area (Å²) < 4.78 is 27.4. The van der Waals surface area contributed by atoms with Gasteiger partial charge in [0.05, 0.1) is 18.3 Å². The molecule has 1 saturated heterocycles. The number of carboxylic acids is 1. The lowest BCUT2D eigenvalue weighted by Gasteiger charge is -2.33. The molecule has 1 aliphatic heterocycles. The first kappa shape index (κ1) is 31.1. The molecule has 232 valence electrons. The molecule has 0 amide bonds. The van der Waals surface area contributed by atoms with Crippen LogP contribution in [0.5, 0.6) is 0 Å². The molecule has 2 N–H and O–H groups in total. The maximum absolute atomic E-state index is 12.7. The Balaban J connectivity index is 1.19. The van der Waals surface area contributed by atoms with Crippen LogP contribution in [0.3, 0.4) is 0 Å². The van der Waals surface area contributed by atoms with Gasteiger partial charge >= 0.3 is 5.97 Å². The Morgan fingerprint density at radius 3 is 2.59 bits per heavy atom. The number of rotatable bonds is 13. The summed E-state index contributed by atoms with van der Waals surface area (Å²) in [6, 6.07) is 13.3. The highest BCUT2D eigenvalue weighted by atomic mass is 19.3. The molecule has 2 aromatic carbocycles. The summed E-state index contributed by atoms with van der Waals surface area (Å²) in [4.78, 5) is 24.5. The monoisotopic (exact) mass is 602 g/mol. The van der Waals surface area contributed by atoms with Crippen molar-refractivity contribution in [1.82, 2.24) is 24.2 Å². The van der Waals surface area contributed by atoms with Crippen LogP contribution >= 0.6 is 0 Å². The Hall–Kier alpha value is -4.31.